The number of rotatable bonds is 6. The van der Waals surface area contributed by atoms with Crippen LogP contribution < -0.4 is 10.1 Å². The predicted molar refractivity (Wildman–Crippen MR) is 90.2 cm³/mol. The molecule has 128 valence electrons. The fraction of sp³-hybridized carbons (Fsp3) is 0.167. The fourth-order valence-corrected chi connectivity index (χ4v) is 2.23. The molecule has 0 spiro atoms. The predicted octanol–water partition coefficient (Wildman–Crippen LogP) is 2.32. The summed E-state index contributed by atoms with van der Waals surface area (Å²) >= 11 is 0. The van der Waals surface area contributed by atoms with Crippen LogP contribution in [0.1, 0.15) is 5.56 Å². The van der Waals surface area contributed by atoms with Crippen LogP contribution in [0.2, 0.25) is 0 Å². The Morgan fingerprint density at radius 2 is 2.08 bits per heavy atom. The minimum atomic E-state index is -0.348. The Balaban J connectivity index is 1.52. The van der Waals surface area contributed by atoms with Gasteiger partial charge in [0.05, 0.1) is 11.9 Å². The largest absolute Gasteiger partial charge is 0.484 e. The first kappa shape index (κ1) is 16.6. The lowest BCUT2D eigenvalue weighted by Gasteiger charge is -2.08. The van der Waals surface area contributed by atoms with Crippen molar-refractivity contribution in [1.82, 2.24) is 20.1 Å². The molecule has 1 aromatic carbocycles. The minimum absolute atomic E-state index is 0.133. The first-order valence-corrected chi connectivity index (χ1v) is 7.69. The van der Waals surface area contributed by atoms with Crippen LogP contribution in [0.3, 0.4) is 0 Å². The third-order valence-electron chi connectivity index (χ3n) is 3.50. The summed E-state index contributed by atoms with van der Waals surface area (Å²) in [4.78, 5) is 16.2. The van der Waals surface area contributed by atoms with Crippen molar-refractivity contribution in [3.63, 3.8) is 0 Å². The molecule has 3 rings (SSSR count). The van der Waals surface area contributed by atoms with Crippen LogP contribution in [-0.4, -0.2) is 27.3 Å². The number of halogens is 1. The lowest BCUT2D eigenvalue weighted by atomic mass is 10.1. The number of ether oxygens (including phenoxy) is 1. The number of amides is 1. The maximum atomic E-state index is 12.8. The molecule has 1 amide bonds. The number of aryl methyl sites for hydroxylation is 1. The summed E-state index contributed by atoms with van der Waals surface area (Å²) in [7, 11) is 1.84. The monoisotopic (exact) mass is 340 g/mol. The van der Waals surface area contributed by atoms with Crippen molar-refractivity contribution in [2.75, 3.05) is 6.61 Å². The summed E-state index contributed by atoms with van der Waals surface area (Å²) < 4.78 is 19.8. The minimum Gasteiger partial charge on any atom is -0.484 e. The van der Waals surface area contributed by atoms with Gasteiger partial charge in [-0.2, -0.15) is 5.10 Å². The number of nitrogens with zero attached hydrogens (tertiary/aromatic N) is 3. The van der Waals surface area contributed by atoms with E-state index >= 15 is 0 Å². The first-order valence-electron chi connectivity index (χ1n) is 7.69. The van der Waals surface area contributed by atoms with Gasteiger partial charge in [0.2, 0.25) is 0 Å². The summed E-state index contributed by atoms with van der Waals surface area (Å²) in [6.07, 6.45) is 5.31. The molecule has 0 saturated heterocycles. The lowest BCUT2D eigenvalue weighted by Crippen LogP contribution is -2.28. The molecule has 0 aliphatic rings. The van der Waals surface area contributed by atoms with Gasteiger partial charge in [-0.3, -0.25) is 14.5 Å². The van der Waals surface area contributed by atoms with Crippen LogP contribution in [0.5, 0.6) is 5.75 Å². The molecule has 6 nitrogen and oxygen atoms in total. The molecular formula is C18H17FN4O2. The van der Waals surface area contributed by atoms with Crippen molar-refractivity contribution in [3.8, 4) is 17.0 Å². The number of carbonyl (C=O) groups is 1. The molecule has 0 fully saturated rings. The molecule has 1 N–H and O–H groups in total. The standard InChI is InChI=1S/C18H17FN4O2/c1-23-11-14(10-22-23)17-8-13(6-7-20-17)9-21-18(24)12-25-16-4-2-15(19)3-5-16/h2-8,10-11H,9,12H2,1H3,(H,21,24). The van der Waals surface area contributed by atoms with Gasteiger partial charge in [0, 0.05) is 31.5 Å². The summed E-state index contributed by atoms with van der Waals surface area (Å²) in [5, 5.41) is 6.90. The molecular weight excluding hydrogens is 323 g/mol. The number of benzene rings is 1. The van der Waals surface area contributed by atoms with E-state index in [1.54, 1.807) is 17.1 Å². The zero-order chi connectivity index (χ0) is 17.6. The molecule has 7 heteroatoms. The smallest absolute Gasteiger partial charge is 0.258 e. The lowest BCUT2D eigenvalue weighted by molar-refractivity contribution is -0.123. The Kier molecular flexibility index (Phi) is 5.03. The SMILES string of the molecule is Cn1cc(-c2cc(CNC(=O)COc3ccc(F)cc3)ccn2)cn1. The van der Waals surface area contributed by atoms with Crippen LogP contribution in [-0.2, 0) is 18.4 Å². The zero-order valence-corrected chi connectivity index (χ0v) is 13.6. The number of pyridine rings is 1. The number of hydrogen-bond donors (Lipinski definition) is 1. The topological polar surface area (TPSA) is 69.0 Å². The normalized spacial score (nSPS) is 10.5. The van der Waals surface area contributed by atoms with Crippen molar-refractivity contribution in [1.29, 1.82) is 0 Å². The van der Waals surface area contributed by atoms with E-state index in [0.29, 0.717) is 12.3 Å². The Morgan fingerprint density at radius 1 is 1.28 bits per heavy atom. The van der Waals surface area contributed by atoms with Crippen LogP contribution in [0.15, 0.2) is 55.0 Å². The van der Waals surface area contributed by atoms with Crippen LogP contribution in [0.25, 0.3) is 11.3 Å². The van der Waals surface area contributed by atoms with Gasteiger partial charge >= 0.3 is 0 Å². The molecule has 0 aliphatic heterocycles. The van der Waals surface area contributed by atoms with E-state index in [2.05, 4.69) is 15.4 Å². The third kappa shape index (κ3) is 4.63. The highest BCUT2D eigenvalue weighted by Gasteiger charge is 2.06. The maximum absolute atomic E-state index is 12.8. The second kappa shape index (κ2) is 7.57. The molecule has 0 bridgehead atoms. The van der Waals surface area contributed by atoms with E-state index in [4.69, 9.17) is 4.74 Å². The average molecular weight is 340 g/mol. The quantitative estimate of drug-likeness (QED) is 0.748. The van der Waals surface area contributed by atoms with Crippen molar-refractivity contribution < 1.29 is 13.9 Å². The van der Waals surface area contributed by atoms with Gasteiger partial charge < -0.3 is 10.1 Å². The zero-order valence-electron chi connectivity index (χ0n) is 13.6. The van der Waals surface area contributed by atoms with Gasteiger partial charge in [-0.15, -0.1) is 0 Å². The Bertz CT molecular complexity index is 862. The molecule has 2 aromatic heterocycles. The van der Waals surface area contributed by atoms with E-state index in [1.807, 2.05) is 25.4 Å². The van der Waals surface area contributed by atoms with Crippen molar-refractivity contribution >= 4 is 5.91 Å². The van der Waals surface area contributed by atoms with Crippen LogP contribution in [0.4, 0.5) is 4.39 Å². The highest BCUT2D eigenvalue weighted by Crippen LogP contribution is 2.16. The van der Waals surface area contributed by atoms with Gasteiger partial charge in [-0.05, 0) is 42.0 Å². The van der Waals surface area contributed by atoms with Crippen molar-refractivity contribution in [2.45, 2.75) is 6.54 Å². The number of hydrogen-bond acceptors (Lipinski definition) is 4. The molecule has 0 unspecified atom stereocenters. The van der Waals surface area contributed by atoms with E-state index < -0.39 is 0 Å². The van der Waals surface area contributed by atoms with Gasteiger partial charge in [-0.1, -0.05) is 0 Å². The third-order valence-corrected chi connectivity index (χ3v) is 3.50. The molecule has 0 radical (unpaired) electrons. The van der Waals surface area contributed by atoms with Gasteiger partial charge in [-0.25, -0.2) is 4.39 Å². The molecule has 25 heavy (non-hydrogen) atoms. The van der Waals surface area contributed by atoms with Gasteiger partial charge in [0.15, 0.2) is 6.61 Å². The Morgan fingerprint density at radius 3 is 2.80 bits per heavy atom. The summed E-state index contributed by atoms with van der Waals surface area (Å²) in [5.74, 6) is -0.165. The highest BCUT2D eigenvalue weighted by molar-refractivity contribution is 5.77. The molecule has 0 saturated carbocycles. The summed E-state index contributed by atoms with van der Waals surface area (Å²) in [6.45, 7) is 0.230. The molecule has 0 aliphatic carbocycles. The molecule has 2 heterocycles. The first-order chi connectivity index (χ1) is 12.1. The van der Waals surface area contributed by atoms with Crippen LogP contribution in [0, 0.1) is 5.82 Å². The van der Waals surface area contributed by atoms with Crippen LogP contribution >= 0.6 is 0 Å². The molecule has 0 atom stereocenters. The van der Waals surface area contributed by atoms with Gasteiger partial charge in [0.25, 0.3) is 5.91 Å². The summed E-state index contributed by atoms with van der Waals surface area (Å²) in [6, 6.07) is 9.25. The number of carbonyl (C=O) groups excluding carboxylic acids is 1. The van der Waals surface area contributed by atoms with Crippen molar-refractivity contribution in [2.24, 2.45) is 7.05 Å². The van der Waals surface area contributed by atoms with Gasteiger partial charge in [0.1, 0.15) is 11.6 Å². The second-order valence-corrected chi connectivity index (χ2v) is 5.47. The van der Waals surface area contributed by atoms with Crippen molar-refractivity contribution in [3.05, 3.63) is 66.4 Å². The fourth-order valence-electron chi connectivity index (χ4n) is 2.23. The Hall–Kier alpha value is -3.22. The van der Waals surface area contributed by atoms with E-state index in [1.165, 1.54) is 24.3 Å². The maximum Gasteiger partial charge on any atom is 0.258 e. The Labute approximate surface area is 144 Å². The summed E-state index contributed by atoms with van der Waals surface area (Å²) in [5.41, 5.74) is 2.63. The van der Waals surface area contributed by atoms with E-state index in [-0.39, 0.29) is 18.3 Å². The second-order valence-electron chi connectivity index (χ2n) is 5.47. The van der Waals surface area contributed by atoms with E-state index in [9.17, 15) is 9.18 Å². The average Bonchev–Trinajstić information content (AvgIpc) is 3.06. The molecule has 3 aromatic rings. The number of aromatic nitrogens is 3. The van der Waals surface area contributed by atoms with E-state index in [0.717, 1.165) is 16.8 Å². The number of nitrogens with one attached hydrogen (secondary N) is 1. The highest BCUT2D eigenvalue weighted by atomic mass is 19.1.